The Kier molecular flexibility index (Phi) is 5.86. The van der Waals surface area contributed by atoms with Gasteiger partial charge in [0.1, 0.15) is 0 Å². The molecule has 124 valence electrons. The SMILES string of the molecule is Cc1cc(Cl)ccc1NCC(=O)N/N=C\c1cccc([N+](=O)[O-])c1. The van der Waals surface area contributed by atoms with Crippen molar-refractivity contribution >= 4 is 35.1 Å². The zero-order valence-corrected chi connectivity index (χ0v) is 13.6. The number of hydrogen-bond donors (Lipinski definition) is 2. The minimum absolute atomic E-state index is 0.0365. The smallest absolute Gasteiger partial charge is 0.270 e. The Bertz CT molecular complexity index is 793. The maximum Gasteiger partial charge on any atom is 0.270 e. The van der Waals surface area contributed by atoms with Crippen molar-refractivity contribution in [3.63, 3.8) is 0 Å². The van der Waals surface area contributed by atoms with Gasteiger partial charge in [0, 0.05) is 28.4 Å². The Balaban J connectivity index is 1.86. The highest BCUT2D eigenvalue weighted by Crippen LogP contribution is 2.19. The molecule has 2 rings (SSSR count). The first-order chi connectivity index (χ1) is 11.5. The van der Waals surface area contributed by atoms with E-state index in [2.05, 4.69) is 15.8 Å². The van der Waals surface area contributed by atoms with Gasteiger partial charge in [-0.15, -0.1) is 0 Å². The number of nitro groups is 1. The minimum Gasteiger partial charge on any atom is -0.376 e. The molecule has 0 aromatic heterocycles. The quantitative estimate of drug-likeness (QED) is 0.477. The fourth-order valence-corrected chi connectivity index (χ4v) is 2.16. The molecule has 0 saturated heterocycles. The Hall–Kier alpha value is -2.93. The summed E-state index contributed by atoms with van der Waals surface area (Å²) < 4.78 is 0. The van der Waals surface area contributed by atoms with Gasteiger partial charge in [-0.3, -0.25) is 14.9 Å². The van der Waals surface area contributed by atoms with Crippen LogP contribution in [0, 0.1) is 17.0 Å². The second kappa shape index (κ2) is 8.07. The molecule has 2 aromatic carbocycles. The first-order valence-corrected chi connectivity index (χ1v) is 7.40. The fraction of sp³-hybridized carbons (Fsp3) is 0.125. The van der Waals surface area contributed by atoms with Crippen LogP contribution in [0.2, 0.25) is 5.02 Å². The zero-order valence-electron chi connectivity index (χ0n) is 12.8. The molecular formula is C16H15ClN4O3. The maximum atomic E-state index is 11.7. The Morgan fingerprint density at radius 3 is 2.83 bits per heavy atom. The molecule has 0 aliphatic carbocycles. The van der Waals surface area contributed by atoms with Crippen LogP contribution in [-0.2, 0) is 4.79 Å². The number of halogens is 1. The summed E-state index contributed by atoms with van der Waals surface area (Å²) in [6.45, 7) is 1.92. The number of anilines is 1. The van der Waals surface area contributed by atoms with Gasteiger partial charge in [0.15, 0.2) is 0 Å². The molecule has 0 saturated carbocycles. The van der Waals surface area contributed by atoms with Crippen LogP contribution in [0.1, 0.15) is 11.1 Å². The lowest BCUT2D eigenvalue weighted by atomic mass is 10.2. The van der Waals surface area contributed by atoms with E-state index < -0.39 is 4.92 Å². The predicted octanol–water partition coefficient (Wildman–Crippen LogP) is 3.12. The fourth-order valence-electron chi connectivity index (χ4n) is 1.94. The molecule has 2 N–H and O–H groups in total. The second-order valence-electron chi connectivity index (χ2n) is 4.96. The Labute approximate surface area is 143 Å². The van der Waals surface area contributed by atoms with E-state index in [9.17, 15) is 14.9 Å². The van der Waals surface area contributed by atoms with Crippen molar-refractivity contribution in [3.8, 4) is 0 Å². The van der Waals surface area contributed by atoms with Crippen molar-refractivity contribution in [2.45, 2.75) is 6.92 Å². The number of carbonyl (C=O) groups is 1. The molecular weight excluding hydrogens is 332 g/mol. The Morgan fingerprint density at radius 2 is 2.12 bits per heavy atom. The maximum absolute atomic E-state index is 11.7. The van der Waals surface area contributed by atoms with E-state index in [1.165, 1.54) is 18.3 Å². The van der Waals surface area contributed by atoms with Crippen molar-refractivity contribution in [2.75, 3.05) is 11.9 Å². The van der Waals surface area contributed by atoms with Gasteiger partial charge in [0.2, 0.25) is 0 Å². The number of nitrogens with one attached hydrogen (secondary N) is 2. The van der Waals surface area contributed by atoms with Crippen molar-refractivity contribution in [2.24, 2.45) is 5.10 Å². The van der Waals surface area contributed by atoms with Crippen molar-refractivity contribution in [3.05, 3.63) is 68.7 Å². The van der Waals surface area contributed by atoms with Gasteiger partial charge < -0.3 is 5.32 Å². The normalized spacial score (nSPS) is 10.6. The molecule has 0 heterocycles. The second-order valence-corrected chi connectivity index (χ2v) is 5.39. The summed E-state index contributed by atoms with van der Waals surface area (Å²) in [6.07, 6.45) is 1.35. The summed E-state index contributed by atoms with van der Waals surface area (Å²) in [7, 11) is 0. The summed E-state index contributed by atoms with van der Waals surface area (Å²) in [5.74, 6) is -0.342. The molecule has 0 aliphatic rings. The van der Waals surface area contributed by atoms with E-state index >= 15 is 0 Å². The van der Waals surface area contributed by atoms with Gasteiger partial charge in [-0.25, -0.2) is 5.43 Å². The molecule has 24 heavy (non-hydrogen) atoms. The molecule has 0 aliphatic heterocycles. The van der Waals surface area contributed by atoms with Crippen molar-refractivity contribution < 1.29 is 9.72 Å². The molecule has 0 atom stereocenters. The highest BCUT2D eigenvalue weighted by Gasteiger charge is 2.05. The van der Waals surface area contributed by atoms with Crippen molar-refractivity contribution in [1.29, 1.82) is 0 Å². The van der Waals surface area contributed by atoms with Gasteiger partial charge in [-0.1, -0.05) is 23.7 Å². The highest BCUT2D eigenvalue weighted by atomic mass is 35.5. The number of aryl methyl sites for hydroxylation is 1. The number of rotatable bonds is 6. The topological polar surface area (TPSA) is 96.6 Å². The van der Waals surface area contributed by atoms with Crippen LogP contribution in [0.5, 0.6) is 0 Å². The van der Waals surface area contributed by atoms with E-state index in [-0.39, 0.29) is 18.1 Å². The number of carbonyl (C=O) groups excluding carboxylic acids is 1. The van der Waals surface area contributed by atoms with Crippen molar-refractivity contribution in [1.82, 2.24) is 5.43 Å². The average molecular weight is 347 g/mol. The number of amides is 1. The van der Waals surface area contributed by atoms with Crippen LogP contribution >= 0.6 is 11.6 Å². The molecule has 2 aromatic rings. The monoisotopic (exact) mass is 346 g/mol. The summed E-state index contributed by atoms with van der Waals surface area (Å²) in [4.78, 5) is 21.9. The van der Waals surface area contributed by atoms with Crippen LogP contribution in [0.3, 0.4) is 0 Å². The van der Waals surface area contributed by atoms with Gasteiger partial charge >= 0.3 is 0 Å². The van der Waals surface area contributed by atoms with E-state index in [0.29, 0.717) is 10.6 Å². The molecule has 7 nitrogen and oxygen atoms in total. The van der Waals surface area contributed by atoms with E-state index in [1.807, 2.05) is 6.92 Å². The molecule has 0 radical (unpaired) electrons. The number of hydrazone groups is 1. The summed E-state index contributed by atoms with van der Waals surface area (Å²) in [5.41, 5.74) is 4.56. The number of hydrogen-bond acceptors (Lipinski definition) is 5. The summed E-state index contributed by atoms with van der Waals surface area (Å²) in [5, 5.41) is 18.1. The van der Waals surface area contributed by atoms with Gasteiger partial charge in [0.25, 0.3) is 11.6 Å². The van der Waals surface area contributed by atoms with Crippen LogP contribution in [0.25, 0.3) is 0 Å². The lowest BCUT2D eigenvalue weighted by Crippen LogP contribution is -2.26. The third-order valence-corrected chi connectivity index (χ3v) is 3.35. The zero-order chi connectivity index (χ0) is 17.5. The van der Waals surface area contributed by atoms with Crippen LogP contribution in [-0.4, -0.2) is 23.6 Å². The first-order valence-electron chi connectivity index (χ1n) is 7.02. The first kappa shape index (κ1) is 17.4. The lowest BCUT2D eigenvalue weighted by molar-refractivity contribution is -0.384. The number of non-ortho nitro benzene ring substituents is 1. The van der Waals surface area contributed by atoms with Gasteiger partial charge in [-0.05, 0) is 30.7 Å². The molecule has 1 amide bonds. The van der Waals surface area contributed by atoms with Gasteiger partial charge in [-0.2, -0.15) is 5.10 Å². The number of nitro benzene ring substituents is 1. The number of benzene rings is 2. The summed E-state index contributed by atoms with van der Waals surface area (Å²) >= 11 is 5.87. The van der Waals surface area contributed by atoms with Gasteiger partial charge in [0.05, 0.1) is 17.7 Å². The Morgan fingerprint density at radius 1 is 1.33 bits per heavy atom. The minimum atomic E-state index is -0.492. The highest BCUT2D eigenvalue weighted by molar-refractivity contribution is 6.30. The largest absolute Gasteiger partial charge is 0.376 e. The lowest BCUT2D eigenvalue weighted by Gasteiger charge is -2.08. The average Bonchev–Trinajstić information content (AvgIpc) is 2.54. The third kappa shape index (κ3) is 5.06. The van der Waals surface area contributed by atoms with E-state index in [1.54, 1.807) is 30.3 Å². The van der Waals surface area contributed by atoms with E-state index in [0.717, 1.165) is 11.3 Å². The summed E-state index contributed by atoms with van der Waals surface area (Å²) in [6, 6.07) is 11.3. The van der Waals surface area contributed by atoms with Crippen LogP contribution < -0.4 is 10.7 Å². The molecule has 0 unspecified atom stereocenters. The predicted molar refractivity (Wildman–Crippen MR) is 93.5 cm³/mol. The molecule has 8 heteroatoms. The molecule has 0 fully saturated rings. The molecule has 0 bridgehead atoms. The third-order valence-electron chi connectivity index (χ3n) is 3.11. The molecule has 0 spiro atoms. The number of nitrogens with zero attached hydrogens (tertiary/aromatic N) is 2. The van der Waals surface area contributed by atoms with Crippen LogP contribution in [0.15, 0.2) is 47.6 Å². The standard InChI is InChI=1S/C16H15ClN4O3/c1-11-7-13(17)5-6-15(11)18-10-16(22)20-19-9-12-3-2-4-14(8-12)21(23)24/h2-9,18H,10H2,1H3,(H,20,22)/b19-9-. The van der Waals surface area contributed by atoms with Crippen LogP contribution in [0.4, 0.5) is 11.4 Å². The van der Waals surface area contributed by atoms with E-state index in [4.69, 9.17) is 11.6 Å².